The number of nitrogens with zero attached hydrogens (tertiary/aromatic N) is 1. The Balaban J connectivity index is 2.37. The number of Topliss-reactive ketones (excluding diaryl/α,β-unsaturated/α-hetero) is 1. The van der Waals surface area contributed by atoms with Crippen molar-refractivity contribution >= 4 is 41.0 Å². The number of rotatable bonds is 6. The van der Waals surface area contributed by atoms with Gasteiger partial charge in [-0.15, -0.1) is 0 Å². The van der Waals surface area contributed by atoms with E-state index in [1.807, 2.05) is 0 Å². The minimum Gasteiger partial charge on any atom is -0.496 e. The molecule has 30 heavy (non-hydrogen) atoms. The Hall–Kier alpha value is -1.99. The van der Waals surface area contributed by atoms with Crippen molar-refractivity contribution in [2.75, 3.05) is 20.3 Å². The van der Waals surface area contributed by atoms with Crippen molar-refractivity contribution in [2.45, 2.75) is 58.1 Å². The van der Waals surface area contributed by atoms with Gasteiger partial charge in [-0.3, -0.25) is 14.5 Å². The fourth-order valence-electron chi connectivity index (χ4n) is 3.45. The molecule has 0 radical (unpaired) electrons. The van der Waals surface area contributed by atoms with Gasteiger partial charge in [0.05, 0.1) is 29.8 Å². The highest BCUT2D eigenvalue weighted by Crippen LogP contribution is 2.44. The molecule has 0 bridgehead atoms. The number of esters is 1. The molecule has 9 heteroatoms. The maximum atomic E-state index is 12.9. The largest absolute Gasteiger partial charge is 0.496 e. The number of methoxy groups -OCH3 is 1. The second-order valence-corrected chi connectivity index (χ2v) is 8.79. The average molecular weight is 460 g/mol. The van der Waals surface area contributed by atoms with Gasteiger partial charge < -0.3 is 14.2 Å². The van der Waals surface area contributed by atoms with Crippen LogP contribution >= 0.6 is 23.2 Å². The molecule has 7 nitrogen and oxygen atoms in total. The van der Waals surface area contributed by atoms with E-state index in [0.717, 1.165) is 0 Å². The summed E-state index contributed by atoms with van der Waals surface area (Å²) >= 11 is 12.6. The highest BCUT2D eigenvalue weighted by atomic mass is 35.5. The van der Waals surface area contributed by atoms with E-state index in [4.69, 9.17) is 37.4 Å². The summed E-state index contributed by atoms with van der Waals surface area (Å²) in [4.78, 5) is 38.8. The number of ether oxygens (including phenoxy) is 3. The van der Waals surface area contributed by atoms with Gasteiger partial charge in [-0.25, -0.2) is 4.79 Å². The Morgan fingerprint density at radius 1 is 1.20 bits per heavy atom. The molecule has 1 saturated heterocycles. The number of benzene rings is 1. The number of hydrogen-bond donors (Lipinski definition) is 0. The number of carbonyl (C=O) groups excluding carboxylic acids is 3. The van der Waals surface area contributed by atoms with Crippen molar-refractivity contribution in [1.29, 1.82) is 0 Å². The first kappa shape index (κ1) is 24.3. The van der Waals surface area contributed by atoms with Crippen LogP contribution in [0.25, 0.3) is 0 Å². The Kier molecular flexibility index (Phi) is 7.99. The molecule has 0 unspecified atom stereocenters. The molecule has 0 aliphatic carbocycles. The van der Waals surface area contributed by atoms with Gasteiger partial charge in [-0.1, -0.05) is 23.2 Å². The fraction of sp³-hybridized carbons (Fsp3) is 0.571. The molecule has 1 aliphatic heterocycles. The third-order valence-corrected chi connectivity index (χ3v) is 5.46. The SMILES string of the molecule is CCOC(=O)CC(=O)[C@@H]1C[C@H](c2c(OC)ccc(Cl)c2Cl)CN1C(=O)OC(C)(C)C. The number of amides is 1. The number of carbonyl (C=O) groups is 3. The van der Waals surface area contributed by atoms with Gasteiger partial charge in [0.15, 0.2) is 5.78 Å². The highest BCUT2D eigenvalue weighted by molar-refractivity contribution is 6.42. The average Bonchev–Trinajstić information content (AvgIpc) is 3.07. The third kappa shape index (κ3) is 5.79. The topological polar surface area (TPSA) is 82.1 Å². The van der Waals surface area contributed by atoms with Crippen LogP contribution in [0.3, 0.4) is 0 Å². The van der Waals surface area contributed by atoms with Gasteiger partial charge in [-0.2, -0.15) is 0 Å². The van der Waals surface area contributed by atoms with E-state index < -0.39 is 35.9 Å². The van der Waals surface area contributed by atoms with Crippen molar-refractivity contribution in [3.05, 3.63) is 27.7 Å². The first-order valence-electron chi connectivity index (χ1n) is 9.68. The Morgan fingerprint density at radius 3 is 2.43 bits per heavy atom. The molecule has 1 aromatic rings. The maximum absolute atomic E-state index is 12.9. The van der Waals surface area contributed by atoms with Crippen LogP contribution in [-0.4, -0.2) is 54.7 Å². The van der Waals surface area contributed by atoms with Crippen LogP contribution in [0.15, 0.2) is 12.1 Å². The van der Waals surface area contributed by atoms with Gasteiger partial charge in [0.2, 0.25) is 0 Å². The minimum absolute atomic E-state index is 0.171. The van der Waals surface area contributed by atoms with E-state index >= 15 is 0 Å². The third-order valence-electron chi connectivity index (χ3n) is 4.65. The Bertz CT molecular complexity index is 820. The molecule has 1 aromatic carbocycles. The number of halogens is 2. The highest BCUT2D eigenvalue weighted by Gasteiger charge is 2.43. The number of ketones is 1. The second-order valence-electron chi connectivity index (χ2n) is 8.01. The van der Waals surface area contributed by atoms with E-state index in [1.54, 1.807) is 39.8 Å². The summed E-state index contributed by atoms with van der Waals surface area (Å²) in [7, 11) is 1.51. The summed E-state index contributed by atoms with van der Waals surface area (Å²) in [5, 5.41) is 0.654. The van der Waals surface area contributed by atoms with Crippen molar-refractivity contribution < 1.29 is 28.6 Å². The number of likely N-dealkylation sites (tertiary alicyclic amines) is 1. The van der Waals surface area contributed by atoms with Crippen LogP contribution in [0.5, 0.6) is 5.75 Å². The standard InChI is InChI=1S/C21H27Cl2NO6/c1-6-29-17(26)10-15(25)14-9-12(11-24(14)20(27)30-21(2,3)4)18-16(28-5)8-7-13(22)19(18)23/h7-8,12,14H,6,9-11H2,1-5H3/t12-,14-/m0/s1. The fourth-order valence-corrected chi connectivity index (χ4v) is 3.93. The first-order valence-corrected chi connectivity index (χ1v) is 10.4. The predicted octanol–water partition coefficient (Wildman–Crippen LogP) is 4.62. The molecular formula is C21H27Cl2NO6. The molecule has 2 rings (SSSR count). The van der Waals surface area contributed by atoms with Crippen molar-refractivity contribution in [3.8, 4) is 5.75 Å². The molecular weight excluding hydrogens is 433 g/mol. The van der Waals surface area contributed by atoms with Crippen LogP contribution in [-0.2, 0) is 19.1 Å². The molecule has 1 fully saturated rings. The monoisotopic (exact) mass is 459 g/mol. The Morgan fingerprint density at radius 2 is 1.87 bits per heavy atom. The summed E-state index contributed by atoms with van der Waals surface area (Å²) in [6.45, 7) is 7.23. The van der Waals surface area contributed by atoms with E-state index in [-0.39, 0.29) is 25.5 Å². The molecule has 0 spiro atoms. The predicted molar refractivity (Wildman–Crippen MR) is 113 cm³/mol. The zero-order chi connectivity index (χ0) is 22.6. The van der Waals surface area contributed by atoms with Crippen molar-refractivity contribution in [1.82, 2.24) is 4.90 Å². The van der Waals surface area contributed by atoms with Crippen molar-refractivity contribution in [3.63, 3.8) is 0 Å². The molecule has 0 saturated carbocycles. The smallest absolute Gasteiger partial charge is 0.410 e. The molecule has 1 aliphatic rings. The Labute approximate surface area is 186 Å². The lowest BCUT2D eigenvalue weighted by Crippen LogP contribution is -2.44. The molecule has 2 atom stereocenters. The summed E-state index contributed by atoms with van der Waals surface area (Å²) in [6, 6.07) is 2.46. The molecule has 0 aromatic heterocycles. The zero-order valence-electron chi connectivity index (χ0n) is 17.8. The minimum atomic E-state index is -0.853. The van der Waals surface area contributed by atoms with Crippen molar-refractivity contribution in [2.24, 2.45) is 0 Å². The van der Waals surface area contributed by atoms with Gasteiger partial charge in [0, 0.05) is 18.0 Å². The first-order chi connectivity index (χ1) is 14.0. The second kappa shape index (κ2) is 9.88. The number of hydrogen-bond acceptors (Lipinski definition) is 6. The lowest BCUT2D eigenvalue weighted by atomic mass is 9.93. The lowest BCUT2D eigenvalue weighted by molar-refractivity contribution is -0.146. The summed E-state index contributed by atoms with van der Waals surface area (Å²) < 4.78 is 15.8. The van der Waals surface area contributed by atoms with E-state index in [9.17, 15) is 14.4 Å². The van der Waals surface area contributed by atoms with Crippen LogP contribution in [0.1, 0.15) is 52.0 Å². The maximum Gasteiger partial charge on any atom is 0.410 e. The van der Waals surface area contributed by atoms with Crippen LogP contribution < -0.4 is 4.74 Å². The quantitative estimate of drug-likeness (QED) is 0.455. The van der Waals surface area contributed by atoms with E-state index in [2.05, 4.69) is 0 Å². The molecule has 0 N–H and O–H groups in total. The van der Waals surface area contributed by atoms with Gasteiger partial charge in [-0.05, 0) is 46.2 Å². The lowest BCUT2D eigenvalue weighted by Gasteiger charge is -2.28. The van der Waals surface area contributed by atoms with Crippen LogP contribution in [0, 0.1) is 0 Å². The zero-order valence-corrected chi connectivity index (χ0v) is 19.3. The summed E-state index contributed by atoms with van der Waals surface area (Å²) in [6.07, 6.45) is -0.803. The van der Waals surface area contributed by atoms with Gasteiger partial charge >= 0.3 is 12.1 Å². The normalized spacial score (nSPS) is 18.8. The van der Waals surface area contributed by atoms with Gasteiger partial charge in [0.1, 0.15) is 17.8 Å². The summed E-state index contributed by atoms with van der Waals surface area (Å²) in [5.74, 6) is -0.862. The van der Waals surface area contributed by atoms with Gasteiger partial charge in [0.25, 0.3) is 0 Å². The van der Waals surface area contributed by atoms with Crippen LogP contribution in [0.2, 0.25) is 10.0 Å². The molecule has 1 amide bonds. The van der Waals surface area contributed by atoms with Crippen LogP contribution in [0.4, 0.5) is 4.79 Å². The molecule has 166 valence electrons. The van der Waals surface area contributed by atoms with E-state index in [1.165, 1.54) is 12.0 Å². The molecule has 1 heterocycles. The summed E-state index contributed by atoms with van der Waals surface area (Å²) in [5.41, 5.74) is -0.123. The van der Waals surface area contributed by atoms with E-state index in [0.29, 0.717) is 21.4 Å².